The zero-order valence-electron chi connectivity index (χ0n) is 9.06. The molecule has 0 bridgehead atoms. The highest BCUT2D eigenvalue weighted by molar-refractivity contribution is 5.54. The lowest BCUT2D eigenvalue weighted by Crippen LogP contribution is -2.15. The summed E-state index contributed by atoms with van der Waals surface area (Å²) >= 11 is 0. The maximum atomic E-state index is 13.5. The summed E-state index contributed by atoms with van der Waals surface area (Å²) in [5.41, 5.74) is 6.09. The summed E-state index contributed by atoms with van der Waals surface area (Å²) in [4.78, 5) is 1.59. The number of hydrogen-bond acceptors (Lipinski definition) is 2. The predicted molar refractivity (Wildman–Crippen MR) is 58.1 cm³/mol. The van der Waals surface area contributed by atoms with Crippen LogP contribution in [0.2, 0.25) is 0 Å². The number of nitrogens with zero attached hydrogens (tertiary/aromatic N) is 1. The Morgan fingerprint density at radius 3 is 2.33 bits per heavy atom. The fourth-order valence-corrected chi connectivity index (χ4v) is 1.58. The van der Waals surface area contributed by atoms with Crippen LogP contribution in [-0.4, -0.2) is 20.6 Å². The van der Waals surface area contributed by atoms with Crippen LogP contribution in [-0.2, 0) is 6.42 Å². The Hall–Kier alpha value is -1.16. The molecule has 0 heterocycles. The van der Waals surface area contributed by atoms with E-state index < -0.39 is 5.82 Å². The standard InChI is InChI=1S/C11H16F2N2/c1-15(2)11-8(4-3-7-14)9(12)5-6-10(11)13/h5-6H,3-4,7,14H2,1-2H3. The molecule has 4 heteroatoms. The van der Waals surface area contributed by atoms with Gasteiger partial charge in [0.15, 0.2) is 0 Å². The van der Waals surface area contributed by atoms with Crippen molar-refractivity contribution in [1.29, 1.82) is 0 Å². The molecule has 0 atom stereocenters. The van der Waals surface area contributed by atoms with Gasteiger partial charge >= 0.3 is 0 Å². The Morgan fingerprint density at radius 1 is 1.20 bits per heavy atom. The van der Waals surface area contributed by atoms with E-state index in [2.05, 4.69) is 0 Å². The molecule has 0 aliphatic heterocycles. The second kappa shape index (κ2) is 5.07. The van der Waals surface area contributed by atoms with Crippen molar-refractivity contribution in [3.63, 3.8) is 0 Å². The Balaban J connectivity index is 3.13. The molecule has 0 unspecified atom stereocenters. The van der Waals surface area contributed by atoms with Crippen molar-refractivity contribution in [3.8, 4) is 0 Å². The number of anilines is 1. The molecule has 1 aromatic rings. The molecule has 1 aromatic carbocycles. The lowest BCUT2D eigenvalue weighted by molar-refractivity contribution is 0.581. The fraction of sp³-hybridized carbons (Fsp3) is 0.455. The Labute approximate surface area is 88.7 Å². The van der Waals surface area contributed by atoms with Gasteiger partial charge in [-0.1, -0.05) is 0 Å². The molecule has 0 aliphatic carbocycles. The summed E-state index contributed by atoms with van der Waals surface area (Å²) in [5.74, 6) is -0.762. The summed E-state index contributed by atoms with van der Waals surface area (Å²) in [6.07, 6.45) is 1.12. The van der Waals surface area contributed by atoms with Crippen molar-refractivity contribution in [2.75, 3.05) is 25.5 Å². The molecule has 0 amide bonds. The van der Waals surface area contributed by atoms with E-state index in [9.17, 15) is 8.78 Å². The van der Waals surface area contributed by atoms with Gasteiger partial charge < -0.3 is 10.6 Å². The third kappa shape index (κ3) is 2.65. The average molecular weight is 214 g/mol. The van der Waals surface area contributed by atoms with Crippen LogP contribution in [0.4, 0.5) is 14.5 Å². The minimum Gasteiger partial charge on any atom is -0.375 e. The van der Waals surface area contributed by atoms with E-state index in [-0.39, 0.29) is 5.82 Å². The molecule has 2 nitrogen and oxygen atoms in total. The van der Waals surface area contributed by atoms with Gasteiger partial charge in [-0.3, -0.25) is 0 Å². The molecule has 0 saturated carbocycles. The van der Waals surface area contributed by atoms with Gasteiger partial charge in [0.2, 0.25) is 0 Å². The number of rotatable bonds is 4. The average Bonchev–Trinajstić information content (AvgIpc) is 2.18. The first kappa shape index (κ1) is 11.9. The third-order valence-corrected chi connectivity index (χ3v) is 2.25. The minimum absolute atomic E-state index is 0.323. The van der Waals surface area contributed by atoms with Crippen molar-refractivity contribution in [1.82, 2.24) is 0 Å². The molecule has 0 aliphatic rings. The van der Waals surface area contributed by atoms with Crippen LogP contribution >= 0.6 is 0 Å². The highest BCUT2D eigenvalue weighted by Crippen LogP contribution is 2.26. The molecule has 1 rings (SSSR count). The molecule has 0 aromatic heterocycles. The number of hydrogen-bond donors (Lipinski definition) is 1. The van der Waals surface area contributed by atoms with Crippen LogP contribution in [0.15, 0.2) is 12.1 Å². The van der Waals surface area contributed by atoms with Gasteiger partial charge in [-0.15, -0.1) is 0 Å². The summed E-state index contributed by atoms with van der Waals surface area (Å²) in [6, 6.07) is 2.31. The highest BCUT2D eigenvalue weighted by atomic mass is 19.1. The Morgan fingerprint density at radius 2 is 1.80 bits per heavy atom. The molecule has 2 N–H and O–H groups in total. The maximum Gasteiger partial charge on any atom is 0.146 e. The Kier molecular flexibility index (Phi) is 4.03. The quantitative estimate of drug-likeness (QED) is 0.829. The summed E-state index contributed by atoms with van der Waals surface area (Å²) < 4.78 is 26.9. The number of benzene rings is 1. The van der Waals surface area contributed by atoms with E-state index in [4.69, 9.17) is 5.73 Å². The van der Waals surface area contributed by atoms with Gasteiger partial charge in [0.25, 0.3) is 0 Å². The van der Waals surface area contributed by atoms with E-state index in [1.54, 1.807) is 19.0 Å². The van der Waals surface area contributed by atoms with Crippen LogP contribution in [0.25, 0.3) is 0 Å². The van der Waals surface area contributed by atoms with Crippen LogP contribution in [0, 0.1) is 11.6 Å². The fourth-order valence-electron chi connectivity index (χ4n) is 1.58. The topological polar surface area (TPSA) is 29.3 Å². The maximum absolute atomic E-state index is 13.5. The largest absolute Gasteiger partial charge is 0.375 e. The monoisotopic (exact) mass is 214 g/mol. The molecular formula is C11H16F2N2. The van der Waals surface area contributed by atoms with Gasteiger partial charge in [-0.05, 0) is 31.5 Å². The summed E-state index contributed by atoms with van der Waals surface area (Å²) in [5, 5.41) is 0. The van der Waals surface area contributed by atoms with E-state index in [0.29, 0.717) is 30.6 Å². The second-order valence-corrected chi connectivity index (χ2v) is 3.64. The van der Waals surface area contributed by atoms with Gasteiger partial charge in [0, 0.05) is 19.7 Å². The molecule has 0 spiro atoms. The minimum atomic E-state index is -0.395. The van der Waals surface area contributed by atoms with Crippen LogP contribution in [0.5, 0.6) is 0 Å². The zero-order chi connectivity index (χ0) is 11.4. The predicted octanol–water partition coefficient (Wildman–Crippen LogP) is 1.92. The summed E-state index contributed by atoms with van der Waals surface area (Å²) in [6.45, 7) is 0.475. The smallest absolute Gasteiger partial charge is 0.146 e. The number of halogens is 2. The lowest BCUT2D eigenvalue weighted by atomic mass is 10.1. The van der Waals surface area contributed by atoms with Crippen molar-refractivity contribution in [2.24, 2.45) is 5.73 Å². The van der Waals surface area contributed by atoms with E-state index in [1.807, 2.05) is 0 Å². The third-order valence-electron chi connectivity index (χ3n) is 2.25. The van der Waals surface area contributed by atoms with Crippen LogP contribution < -0.4 is 10.6 Å². The normalized spacial score (nSPS) is 10.5. The zero-order valence-corrected chi connectivity index (χ0v) is 9.06. The van der Waals surface area contributed by atoms with E-state index >= 15 is 0 Å². The van der Waals surface area contributed by atoms with Gasteiger partial charge in [0.1, 0.15) is 11.6 Å². The molecule has 0 saturated heterocycles. The first-order chi connectivity index (χ1) is 7.07. The van der Waals surface area contributed by atoms with Gasteiger partial charge in [-0.2, -0.15) is 0 Å². The first-order valence-electron chi connectivity index (χ1n) is 4.92. The first-order valence-corrected chi connectivity index (χ1v) is 4.92. The molecule has 0 radical (unpaired) electrons. The highest BCUT2D eigenvalue weighted by Gasteiger charge is 2.14. The van der Waals surface area contributed by atoms with Crippen molar-refractivity contribution in [3.05, 3.63) is 29.3 Å². The number of nitrogens with two attached hydrogens (primary N) is 1. The van der Waals surface area contributed by atoms with Crippen molar-refractivity contribution < 1.29 is 8.78 Å². The van der Waals surface area contributed by atoms with E-state index in [1.165, 1.54) is 0 Å². The van der Waals surface area contributed by atoms with Gasteiger partial charge in [-0.25, -0.2) is 8.78 Å². The van der Waals surface area contributed by atoms with Crippen molar-refractivity contribution >= 4 is 5.69 Å². The lowest BCUT2D eigenvalue weighted by Gasteiger charge is -2.18. The molecular weight excluding hydrogens is 198 g/mol. The van der Waals surface area contributed by atoms with Crippen molar-refractivity contribution in [2.45, 2.75) is 12.8 Å². The second-order valence-electron chi connectivity index (χ2n) is 3.64. The molecule has 15 heavy (non-hydrogen) atoms. The Bertz CT molecular complexity index is 338. The molecule has 0 fully saturated rings. The SMILES string of the molecule is CN(C)c1c(F)ccc(F)c1CCCN. The van der Waals surface area contributed by atoms with Crippen LogP contribution in [0.3, 0.4) is 0 Å². The van der Waals surface area contributed by atoms with E-state index in [0.717, 1.165) is 12.1 Å². The van der Waals surface area contributed by atoms with Gasteiger partial charge in [0.05, 0.1) is 5.69 Å². The molecule has 84 valence electrons. The summed E-state index contributed by atoms with van der Waals surface area (Å²) in [7, 11) is 3.40. The van der Waals surface area contributed by atoms with Crippen LogP contribution in [0.1, 0.15) is 12.0 Å².